The lowest BCUT2D eigenvalue weighted by Gasteiger charge is -2.34. The van der Waals surface area contributed by atoms with Crippen LogP contribution in [0.5, 0.6) is 5.75 Å². The fourth-order valence-corrected chi connectivity index (χ4v) is 5.99. The van der Waals surface area contributed by atoms with Gasteiger partial charge in [-0.2, -0.15) is 0 Å². The summed E-state index contributed by atoms with van der Waals surface area (Å²) in [7, 11) is 1.80. The van der Waals surface area contributed by atoms with E-state index in [-0.39, 0.29) is 0 Å². The number of nitrogens with zero attached hydrogens (tertiary/aromatic N) is 1. The average Bonchev–Trinajstić information content (AvgIpc) is 3.43. The van der Waals surface area contributed by atoms with E-state index >= 15 is 0 Å². The van der Waals surface area contributed by atoms with Gasteiger partial charge in [0.25, 0.3) is 0 Å². The van der Waals surface area contributed by atoms with Crippen LogP contribution in [0.25, 0.3) is 10.9 Å². The summed E-state index contributed by atoms with van der Waals surface area (Å²) in [6, 6.07) is 16.4. The molecule has 2 aromatic carbocycles. The molecule has 1 aliphatic carbocycles. The summed E-state index contributed by atoms with van der Waals surface area (Å²) in [6.45, 7) is 5.72. The van der Waals surface area contributed by atoms with E-state index in [1.54, 1.807) is 7.11 Å². The van der Waals surface area contributed by atoms with E-state index in [0.29, 0.717) is 12.1 Å². The molecule has 3 nitrogen and oxygen atoms in total. The Bertz CT molecular complexity index is 977. The van der Waals surface area contributed by atoms with Gasteiger partial charge in [-0.1, -0.05) is 36.8 Å². The smallest absolute Gasteiger partial charge is 0.124 e. The SMILES string of the molecule is COc1cc(C)c2[nH]ccc2c1C(C)N1CC2CCCC2C1c1ccccc1. The van der Waals surface area contributed by atoms with Gasteiger partial charge in [-0.3, -0.25) is 4.90 Å². The lowest BCUT2D eigenvalue weighted by atomic mass is 9.88. The zero-order chi connectivity index (χ0) is 19.3. The van der Waals surface area contributed by atoms with Crippen LogP contribution in [0.4, 0.5) is 0 Å². The minimum atomic E-state index is 0.310. The average molecular weight is 375 g/mol. The third-order valence-electron chi connectivity index (χ3n) is 7.25. The Balaban J connectivity index is 1.61. The van der Waals surface area contributed by atoms with Gasteiger partial charge in [0.05, 0.1) is 7.11 Å². The summed E-state index contributed by atoms with van der Waals surface area (Å²) >= 11 is 0. The number of benzene rings is 2. The molecule has 3 heteroatoms. The number of rotatable bonds is 4. The molecule has 1 aromatic heterocycles. The van der Waals surface area contributed by atoms with Crippen LogP contribution in [0.3, 0.4) is 0 Å². The second-order valence-corrected chi connectivity index (χ2v) is 8.66. The largest absolute Gasteiger partial charge is 0.496 e. The van der Waals surface area contributed by atoms with Gasteiger partial charge >= 0.3 is 0 Å². The number of hydrogen-bond acceptors (Lipinski definition) is 2. The van der Waals surface area contributed by atoms with Gasteiger partial charge in [0, 0.05) is 41.3 Å². The normalized spacial score (nSPS) is 25.9. The van der Waals surface area contributed by atoms with Crippen molar-refractivity contribution in [1.29, 1.82) is 0 Å². The van der Waals surface area contributed by atoms with Crippen molar-refractivity contribution in [3.63, 3.8) is 0 Å². The fourth-order valence-electron chi connectivity index (χ4n) is 5.99. The first-order valence-corrected chi connectivity index (χ1v) is 10.6. The minimum absolute atomic E-state index is 0.310. The molecule has 5 rings (SSSR count). The molecule has 1 saturated heterocycles. The van der Waals surface area contributed by atoms with Crippen molar-refractivity contribution in [2.24, 2.45) is 11.8 Å². The van der Waals surface area contributed by atoms with Gasteiger partial charge in [-0.15, -0.1) is 0 Å². The van der Waals surface area contributed by atoms with Crippen molar-refractivity contribution in [3.8, 4) is 5.75 Å². The van der Waals surface area contributed by atoms with E-state index in [0.717, 1.165) is 17.6 Å². The number of ether oxygens (including phenoxy) is 1. The van der Waals surface area contributed by atoms with E-state index in [9.17, 15) is 0 Å². The third kappa shape index (κ3) is 2.68. The van der Waals surface area contributed by atoms with Crippen LogP contribution in [0.2, 0.25) is 0 Å². The molecule has 0 radical (unpaired) electrons. The van der Waals surface area contributed by atoms with Crippen molar-refractivity contribution in [2.75, 3.05) is 13.7 Å². The van der Waals surface area contributed by atoms with Gasteiger partial charge in [-0.05, 0) is 61.8 Å². The van der Waals surface area contributed by atoms with Gasteiger partial charge < -0.3 is 9.72 Å². The molecule has 28 heavy (non-hydrogen) atoms. The Morgan fingerprint density at radius 3 is 2.75 bits per heavy atom. The van der Waals surface area contributed by atoms with E-state index in [4.69, 9.17) is 4.74 Å². The van der Waals surface area contributed by atoms with Gasteiger partial charge in [-0.25, -0.2) is 0 Å². The van der Waals surface area contributed by atoms with Crippen LogP contribution >= 0.6 is 0 Å². The zero-order valence-electron chi connectivity index (χ0n) is 17.1. The second kappa shape index (κ2) is 6.97. The zero-order valence-corrected chi connectivity index (χ0v) is 17.1. The van der Waals surface area contributed by atoms with Crippen LogP contribution in [-0.2, 0) is 0 Å². The molecule has 2 heterocycles. The van der Waals surface area contributed by atoms with Crippen LogP contribution in [-0.4, -0.2) is 23.5 Å². The predicted octanol–water partition coefficient (Wildman–Crippen LogP) is 6.02. The highest BCUT2D eigenvalue weighted by molar-refractivity contribution is 5.88. The Hall–Kier alpha value is -2.26. The van der Waals surface area contributed by atoms with E-state index in [1.165, 1.54) is 53.4 Å². The van der Waals surface area contributed by atoms with Crippen LogP contribution in [0.1, 0.15) is 55.0 Å². The molecule has 0 bridgehead atoms. The van der Waals surface area contributed by atoms with Crippen molar-refractivity contribution in [1.82, 2.24) is 9.88 Å². The van der Waals surface area contributed by atoms with Crippen LogP contribution in [0, 0.1) is 18.8 Å². The van der Waals surface area contributed by atoms with Gasteiger partial charge in [0.1, 0.15) is 5.75 Å². The second-order valence-electron chi connectivity index (χ2n) is 8.66. The van der Waals surface area contributed by atoms with Crippen LogP contribution < -0.4 is 4.74 Å². The highest BCUT2D eigenvalue weighted by Crippen LogP contribution is 2.53. The van der Waals surface area contributed by atoms with Crippen molar-refractivity contribution >= 4 is 10.9 Å². The summed E-state index contributed by atoms with van der Waals surface area (Å²) < 4.78 is 5.88. The molecule has 146 valence electrons. The van der Waals surface area contributed by atoms with Crippen molar-refractivity contribution < 1.29 is 4.74 Å². The molecular weight excluding hydrogens is 344 g/mol. The number of hydrogen-bond donors (Lipinski definition) is 1. The summed E-state index contributed by atoms with van der Waals surface area (Å²) in [4.78, 5) is 6.19. The Labute approximate surface area is 167 Å². The first-order chi connectivity index (χ1) is 13.7. The lowest BCUT2D eigenvalue weighted by Crippen LogP contribution is -2.29. The Morgan fingerprint density at radius 2 is 1.96 bits per heavy atom. The number of H-pyrrole nitrogens is 1. The predicted molar refractivity (Wildman–Crippen MR) is 115 cm³/mol. The fraction of sp³-hybridized carbons (Fsp3) is 0.440. The molecule has 2 aliphatic rings. The standard InChI is InChI=1S/C25H30N2O/c1-16-14-22(28-3)23(21-12-13-26-24(16)21)17(2)27-15-19-10-7-11-20(19)25(27)18-8-5-4-6-9-18/h4-6,8-9,12-14,17,19-20,25-26H,7,10-11,15H2,1-3H3. The highest BCUT2D eigenvalue weighted by Gasteiger charge is 2.46. The Kier molecular flexibility index (Phi) is 4.43. The summed E-state index contributed by atoms with van der Waals surface area (Å²) in [5.74, 6) is 2.62. The number of nitrogens with one attached hydrogen (secondary N) is 1. The monoisotopic (exact) mass is 374 g/mol. The molecule has 0 amide bonds. The number of methoxy groups -OCH3 is 1. The molecule has 4 atom stereocenters. The van der Waals surface area contributed by atoms with Crippen molar-refractivity contribution in [2.45, 2.75) is 45.2 Å². The topological polar surface area (TPSA) is 28.3 Å². The number of aromatic nitrogens is 1. The van der Waals surface area contributed by atoms with E-state index in [1.807, 2.05) is 0 Å². The highest BCUT2D eigenvalue weighted by atomic mass is 16.5. The molecule has 1 aliphatic heterocycles. The number of aromatic amines is 1. The number of likely N-dealkylation sites (tertiary alicyclic amines) is 1. The summed E-state index contributed by atoms with van der Waals surface area (Å²) in [6.07, 6.45) is 6.18. The Morgan fingerprint density at radius 1 is 1.14 bits per heavy atom. The third-order valence-corrected chi connectivity index (χ3v) is 7.25. The van der Waals surface area contributed by atoms with E-state index < -0.39 is 0 Å². The first-order valence-electron chi connectivity index (χ1n) is 10.6. The maximum Gasteiger partial charge on any atom is 0.124 e. The minimum Gasteiger partial charge on any atom is -0.496 e. The quantitative estimate of drug-likeness (QED) is 0.605. The molecule has 1 saturated carbocycles. The molecule has 0 spiro atoms. The molecular formula is C25H30N2O. The molecule has 2 fully saturated rings. The number of fused-ring (bicyclic) bond motifs is 2. The molecule has 3 aromatic rings. The maximum atomic E-state index is 5.88. The van der Waals surface area contributed by atoms with Crippen LogP contribution in [0.15, 0.2) is 48.7 Å². The van der Waals surface area contributed by atoms with Gasteiger partial charge in [0.2, 0.25) is 0 Å². The molecule has 1 N–H and O–H groups in total. The van der Waals surface area contributed by atoms with E-state index in [2.05, 4.69) is 72.4 Å². The first kappa shape index (κ1) is 17.8. The maximum absolute atomic E-state index is 5.88. The number of aryl methyl sites for hydroxylation is 1. The molecule has 4 unspecified atom stereocenters. The van der Waals surface area contributed by atoms with Gasteiger partial charge in [0.15, 0.2) is 0 Å². The summed E-state index contributed by atoms with van der Waals surface area (Å²) in [5.41, 5.74) is 5.27. The van der Waals surface area contributed by atoms with Crippen molar-refractivity contribution in [3.05, 3.63) is 65.4 Å². The lowest BCUT2D eigenvalue weighted by molar-refractivity contribution is 0.167. The summed E-state index contributed by atoms with van der Waals surface area (Å²) in [5, 5.41) is 1.30.